The fraction of sp³-hybridized carbons (Fsp3) is 0.500. The zero-order chi connectivity index (χ0) is 15.1. The molecule has 0 aliphatic carbocycles. The Labute approximate surface area is 131 Å². The molecule has 0 N–H and O–H groups in total. The average molecular weight is 309 g/mol. The first-order valence-corrected chi connectivity index (χ1v) is 7.40. The van der Waals surface area contributed by atoms with Crippen molar-refractivity contribution < 1.29 is 9.47 Å². The van der Waals surface area contributed by atoms with Crippen LogP contribution in [0.15, 0.2) is 18.2 Å². The number of hydrogen-bond acceptors (Lipinski definition) is 4. The molecule has 0 spiro atoms. The zero-order valence-corrected chi connectivity index (χ0v) is 13.3. The topological polar surface area (TPSA) is 24.9 Å². The van der Waals surface area contributed by atoms with Crippen LogP contribution in [0.4, 0.5) is 0 Å². The molecule has 2 rings (SSSR count). The molecule has 0 radical (unpaired) electrons. The quantitative estimate of drug-likeness (QED) is 0.794. The molecule has 5 heteroatoms. The van der Waals surface area contributed by atoms with Gasteiger partial charge in [-0.05, 0) is 19.2 Å². The summed E-state index contributed by atoms with van der Waals surface area (Å²) in [7, 11) is 3.74. The minimum atomic E-state index is 0.353. The van der Waals surface area contributed by atoms with E-state index in [1.165, 1.54) is 0 Å². The fourth-order valence-electron chi connectivity index (χ4n) is 2.10. The van der Waals surface area contributed by atoms with E-state index in [0.29, 0.717) is 23.1 Å². The molecule has 4 nitrogen and oxygen atoms in total. The lowest BCUT2D eigenvalue weighted by atomic mass is 10.3. The second-order valence-corrected chi connectivity index (χ2v) is 5.45. The minimum Gasteiger partial charge on any atom is -0.493 e. The second kappa shape index (κ2) is 8.14. The van der Waals surface area contributed by atoms with Gasteiger partial charge in [0, 0.05) is 37.3 Å². The van der Waals surface area contributed by atoms with Crippen LogP contribution in [0, 0.1) is 11.8 Å². The van der Waals surface area contributed by atoms with Crippen molar-refractivity contribution in [2.45, 2.75) is 0 Å². The van der Waals surface area contributed by atoms with Crippen LogP contribution in [0.5, 0.6) is 11.5 Å². The van der Waals surface area contributed by atoms with E-state index in [0.717, 1.165) is 32.7 Å². The normalized spacial score (nSPS) is 16.1. The van der Waals surface area contributed by atoms with Crippen LogP contribution in [-0.2, 0) is 0 Å². The molecule has 0 bridgehead atoms. The molecule has 1 heterocycles. The molecule has 1 aliphatic rings. The van der Waals surface area contributed by atoms with Crippen LogP contribution in [0.1, 0.15) is 0 Å². The third kappa shape index (κ3) is 5.13. The van der Waals surface area contributed by atoms with Gasteiger partial charge in [0.15, 0.2) is 11.5 Å². The molecule has 1 aliphatic heterocycles. The van der Waals surface area contributed by atoms with Crippen LogP contribution >= 0.6 is 11.6 Å². The van der Waals surface area contributed by atoms with Gasteiger partial charge in [-0.1, -0.05) is 23.4 Å². The molecule has 1 fully saturated rings. The summed E-state index contributed by atoms with van der Waals surface area (Å²) in [6.45, 7) is 5.54. The fourth-order valence-corrected chi connectivity index (χ4v) is 2.26. The molecule has 0 aromatic heterocycles. The summed E-state index contributed by atoms with van der Waals surface area (Å²) >= 11 is 5.90. The van der Waals surface area contributed by atoms with Gasteiger partial charge in [-0.3, -0.25) is 4.90 Å². The van der Waals surface area contributed by atoms with E-state index in [1.54, 1.807) is 25.3 Å². The second-order valence-electron chi connectivity index (χ2n) is 5.02. The Morgan fingerprint density at radius 1 is 1.14 bits per heavy atom. The Hall–Kier alpha value is -1.41. The molecule has 0 saturated carbocycles. The van der Waals surface area contributed by atoms with Gasteiger partial charge >= 0.3 is 0 Å². The third-order valence-corrected chi connectivity index (χ3v) is 3.68. The SMILES string of the molecule is COc1cc(Cl)ccc1OCC#CCN1CCN(C)CC1. The maximum Gasteiger partial charge on any atom is 0.162 e. The summed E-state index contributed by atoms with van der Waals surface area (Å²) in [6, 6.07) is 5.30. The smallest absolute Gasteiger partial charge is 0.162 e. The van der Waals surface area contributed by atoms with Crippen molar-refractivity contribution in [3.8, 4) is 23.3 Å². The number of piperazine rings is 1. The van der Waals surface area contributed by atoms with Crippen LogP contribution < -0.4 is 9.47 Å². The third-order valence-electron chi connectivity index (χ3n) is 3.45. The Kier molecular flexibility index (Phi) is 6.19. The number of ether oxygens (including phenoxy) is 2. The molecule has 0 amide bonds. The zero-order valence-electron chi connectivity index (χ0n) is 12.6. The average Bonchev–Trinajstić information content (AvgIpc) is 2.50. The summed E-state index contributed by atoms with van der Waals surface area (Å²) in [5, 5.41) is 0.625. The number of halogens is 1. The summed E-state index contributed by atoms with van der Waals surface area (Å²) in [5.74, 6) is 7.49. The standard InChI is InChI=1S/C16H21ClN2O2/c1-18-8-10-19(11-9-18)7-3-4-12-21-15-6-5-14(17)13-16(15)20-2/h5-6,13H,7-12H2,1-2H3. The molecular formula is C16H21ClN2O2. The van der Waals surface area contributed by atoms with Crippen LogP contribution in [0.2, 0.25) is 5.02 Å². The van der Waals surface area contributed by atoms with Gasteiger partial charge in [0.1, 0.15) is 6.61 Å². The van der Waals surface area contributed by atoms with E-state index in [2.05, 4.69) is 28.7 Å². The van der Waals surface area contributed by atoms with Crippen LogP contribution in [0.3, 0.4) is 0 Å². The molecule has 1 saturated heterocycles. The molecule has 114 valence electrons. The van der Waals surface area contributed by atoms with Gasteiger partial charge in [0.05, 0.1) is 13.7 Å². The largest absolute Gasteiger partial charge is 0.493 e. The van der Waals surface area contributed by atoms with Crippen molar-refractivity contribution in [2.24, 2.45) is 0 Å². The molecule has 1 aromatic rings. The van der Waals surface area contributed by atoms with Crippen LogP contribution in [0.25, 0.3) is 0 Å². The molecule has 21 heavy (non-hydrogen) atoms. The Bertz CT molecular complexity index is 517. The Morgan fingerprint density at radius 3 is 2.62 bits per heavy atom. The van der Waals surface area contributed by atoms with E-state index in [-0.39, 0.29) is 0 Å². The highest BCUT2D eigenvalue weighted by atomic mass is 35.5. The van der Waals surface area contributed by atoms with Gasteiger partial charge in [-0.25, -0.2) is 0 Å². The van der Waals surface area contributed by atoms with E-state index in [9.17, 15) is 0 Å². The number of nitrogens with zero attached hydrogens (tertiary/aromatic N) is 2. The van der Waals surface area contributed by atoms with E-state index >= 15 is 0 Å². The van der Waals surface area contributed by atoms with Crippen molar-refractivity contribution in [1.82, 2.24) is 9.80 Å². The van der Waals surface area contributed by atoms with Crippen molar-refractivity contribution >= 4 is 11.6 Å². The van der Waals surface area contributed by atoms with Gasteiger partial charge in [0.25, 0.3) is 0 Å². The van der Waals surface area contributed by atoms with Gasteiger partial charge < -0.3 is 14.4 Å². The lowest BCUT2D eigenvalue weighted by molar-refractivity contribution is 0.168. The molecule has 0 unspecified atom stereocenters. The first-order chi connectivity index (χ1) is 10.2. The van der Waals surface area contributed by atoms with Gasteiger partial charge in [-0.2, -0.15) is 0 Å². The first-order valence-electron chi connectivity index (χ1n) is 7.02. The number of hydrogen-bond donors (Lipinski definition) is 0. The highest BCUT2D eigenvalue weighted by Crippen LogP contribution is 2.29. The molecular weight excluding hydrogens is 288 g/mol. The minimum absolute atomic E-state index is 0.353. The summed E-state index contributed by atoms with van der Waals surface area (Å²) in [5.41, 5.74) is 0. The van der Waals surface area contributed by atoms with Crippen LogP contribution in [-0.4, -0.2) is 63.3 Å². The van der Waals surface area contributed by atoms with Crippen molar-refractivity contribution in [3.05, 3.63) is 23.2 Å². The predicted molar refractivity (Wildman–Crippen MR) is 85.2 cm³/mol. The van der Waals surface area contributed by atoms with E-state index in [4.69, 9.17) is 21.1 Å². The summed E-state index contributed by atoms with van der Waals surface area (Å²) < 4.78 is 10.8. The van der Waals surface area contributed by atoms with Crippen molar-refractivity contribution in [2.75, 3.05) is 53.5 Å². The monoisotopic (exact) mass is 308 g/mol. The van der Waals surface area contributed by atoms with Crippen molar-refractivity contribution in [3.63, 3.8) is 0 Å². The number of likely N-dealkylation sites (N-methyl/N-ethyl adjacent to an activating group) is 1. The number of rotatable bonds is 4. The number of methoxy groups -OCH3 is 1. The number of benzene rings is 1. The van der Waals surface area contributed by atoms with Crippen molar-refractivity contribution in [1.29, 1.82) is 0 Å². The van der Waals surface area contributed by atoms with Gasteiger partial charge in [-0.15, -0.1) is 0 Å². The molecule has 0 atom stereocenters. The predicted octanol–water partition coefficient (Wildman–Crippen LogP) is 1.98. The van der Waals surface area contributed by atoms with E-state index in [1.807, 2.05) is 0 Å². The lowest BCUT2D eigenvalue weighted by Crippen LogP contribution is -2.44. The maximum absolute atomic E-state index is 5.90. The van der Waals surface area contributed by atoms with E-state index < -0.39 is 0 Å². The van der Waals surface area contributed by atoms with Gasteiger partial charge in [0.2, 0.25) is 0 Å². The molecule has 1 aromatic carbocycles. The first kappa shape index (κ1) is 16.0. The summed E-state index contributed by atoms with van der Waals surface area (Å²) in [4.78, 5) is 4.69. The Balaban J connectivity index is 1.76. The highest BCUT2D eigenvalue weighted by molar-refractivity contribution is 6.30. The lowest BCUT2D eigenvalue weighted by Gasteiger charge is -2.30. The summed E-state index contributed by atoms with van der Waals surface area (Å²) in [6.07, 6.45) is 0. The highest BCUT2D eigenvalue weighted by Gasteiger charge is 2.11. The Morgan fingerprint density at radius 2 is 1.90 bits per heavy atom. The maximum atomic E-state index is 5.90.